The van der Waals surface area contributed by atoms with E-state index in [4.69, 9.17) is 4.74 Å². The number of piperazine rings is 1. The van der Waals surface area contributed by atoms with E-state index in [2.05, 4.69) is 5.32 Å². The predicted octanol–water partition coefficient (Wildman–Crippen LogP) is 0.200. The van der Waals surface area contributed by atoms with E-state index >= 15 is 0 Å². The molecule has 1 aliphatic heterocycles. The van der Waals surface area contributed by atoms with E-state index < -0.39 is 28.8 Å². The summed E-state index contributed by atoms with van der Waals surface area (Å²) in [5.41, 5.74) is 0. The van der Waals surface area contributed by atoms with Gasteiger partial charge < -0.3 is 10.1 Å². The number of ether oxygens (including phenoxy) is 1. The van der Waals surface area contributed by atoms with Gasteiger partial charge in [0.1, 0.15) is 6.04 Å². The van der Waals surface area contributed by atoms with Crippen molar-refractivity contribution < 1.29 is 26.3 Å². The molecule has 1 atom stereocenters. The molecule has 1 aliphatic rings. The zero-order chi connectivity index (χ0) is 15.9. The van der Waals surface area contributed by atoms with Crippen molar-refractivity contribution in [1.82, 2.24) is 14.9 Å². The standard InChI is InChI=1S/C11H22F3N3O3S.ClH/c1-2-20-7-8-21(18,19)16-9-10(11(12,13)14)17-5-3-15-4-6-17;/h10,15-16H,2-9H2,1H3;1H. The van der Waals surface area contributed by atoms with Gasteiger partial charge in [-0.25, -0.2) is 13.1 Å². The van der Waals surface area contributed by atoms with Gasteiger partial charge in [0.05, 0.1) is 12.4 Å². The molecule has 0 saturated carbocycles. The SMILES string of the molecule is CCOCCS(=O)(=O)NCC(N1CCNCC1)C(F)(F)F.Cl. The normalized spacial score (nSPS) is 18.7. The van der Waals surface area contributed by atoms with Crippen LogP contribution in [-0.2, 0) is 14.8 Å². The van der Waals surface area contributed by atoms with E-state index in [-0.39, 0.29) is 37.9 Å². The van der Waals surface area contributed by atoms with E-state index in [0.717, 1.165) is 0 Å². The molecule has 0 aromatic rings. The second-order valence-corrected chi connectivity index (χ2v) is 6.63. The molecule has 1 saturated heterocycles. The lowest BCUT2D eigenvalue weighted by Gasteiger charge is -2.35. The predicted molar refractivity (Wildman–Crippen MR) is 79.8 cm³/mol. The van der Waals surface area contributed by atoms with Crippen molar-refractivity contribution in [3.63, 3.8) is 0 Å². The number of sulfonamides is 1. The highest BCUT2D eigenvalue weighted by Gasteiger charge is 2.44. The van der Waals surface area contributed by atoms with Crippen LogP contribution in [0.1, 0.15) is 6.92 Å². The summed E-state index contributed by atoms with van der Waals surface area (Å²) in [6.45, 7) is 2.78. The number of hydrogen-bond acceptors (Lipinski definition) is 5. The highest BCUT2D eigenvalue weighted by atomic mass is 35.5. The fraction of sp³-hybridized carbons (Fsp3) is 1.00. The fourth-order valence-electron chi connectivity index (χ4n) is 2.04. The van der Waals surface area contributed by atoms with Gasteiger partial charge in [-0.2, -0.15) is 13.2 Å². The molecule has 1 rings (SSSR count). The number of nitrogens with zero attached hydrogens (tertiary/aromatic N) is 1. The van der Waals surface area contributed by atoms with E-state index in [1.807, 2.05) is 4.72 Å². The van der Waals surface area contributed by atoms with Gasteiger partial charge in [0.2, 0.25) is 10.0 Å². The van der Waals surface area contributed by atoms with Gasteiger partial charge in [0.15, 0.2) is 0 Å². The van der Waals surface area contributed by atoms with Crippen LogP contribution in [-0.4, -0.2) is 77.2 Å². The van der Waals surface area contributed by atoms with Crippen LogP contribution in [0.3, 0.4) is 0 Å². The molecular formula is C11H23ClF3N3O3S. The van der Waals surface area contributed by atoms with E-state index in [1.54, 1.807) is 6.92 Å². The van der Waals surface area contributed by atoms with Crippen LogP contribution in [0.25, 0.3) is 0 Å². The summed E-state index contributed by atoms with van der Waals surface area (Å²) in [6.07, 6.45) is -4.47. The molecule has 0 amide bonds. The first-order valence-corrected chi connectivity index (χ1v) is 8.48. The van der Waals surface area contributed by atoms with Crippen molar-refractivity contribution >= 4 is 22.4 Å². The van der Waals surface area contributed by atoms with Gasteiger partial charge in [0.25, 0.3) is 0 Å². The van der Waals surface area contributed by atoms with Crippen molar-refractivity contribution in [2.45, 2.75) is 19.1 Å². The molecular weight excluding hydrogens is 347 g/mol. The highest BCUT2D eigenvalue weighted by molar-refractivity contribution is 7.89. The summed E-state index contributed by atoms with van der Waals surface area (Å²) < 4.78 is 69.4. The van der Waals surface area contributed by atoms with Crippen molar-refractivity contribution in [3.05, 3.63) is 0 Å². The van der Waals surface area contributed by atoms with Crippen LogP contribution in [0.5, 0.6) is 0 Å². The Morgan fingerprint density at radius 1 is 1.32 bits per heavy atom. The Balaban J connectivity index is 0.00000441. The summed E-state index contributed by atoms with van der Waals surface area (Å²) in [5, 5.41) is 2.96. The third-order valence-corrected chi connectivity index (χ3v) is 4.48. The Hall–Kier alpha value is -0.130. The van der Waals surface area contributed by atoms with Gasteiger partial charge >= 0.3 is 6.18 Å². The van der Waals surface area contributed by atoms with E-state index in [9.17, 15) is 21.6 Å². The first-order valence-electron chi connectivity index (χ1n) is 6.83. The zero-order valence-corrected chi connectivity index (χ0v) is 14.0. The first-order chi connectivity index (χ1) is 9.76. The van der Waals surface area contributed by atoms with Crippen molar-refractivity contribution in [2.75, 3.05) is 51.7 Å². The molecule has 1 unspecified atom stereocenters. The van der Waals surface area contributed by atoms with Crippen LogP contribution < -0.4 is 10.0 Å². The molecule has 134 valence electrons. The van der Waals surface area contributed by atoms with E-state index in [1.165, 1.54) is 4.90 Å². The van der Waals surface area contributed by atoms with Crippen LogP contribution >= 0.6 is 12.4 Å². The summed E-state index contributed by atoms with van der Waals surface area (Å²) in [4.78, 5) is 1.25. The van der Waals surface area contributed by atoms with Crippen LogP contribution in [0.2, 0.25) is 0 Å². The topological polar surface area (TPSA) is 70.7 Å². The summed E-state index contributed by atoms with van der Waals surface area (Å²) in [6, 6.07) is -1.80. The second-order valence-electron chi connectivity index (χ2n) is 4.71. The average Bonchev–Trinajstić information content (AvgIpc) is 2.38. The Labute approximate surface area is 135 Å². The summed E-state index contributed by atoms with van der Waals surface area (Å²) >= 11 is 0. The van der Waals surface area contributed by atoms with Crippen molar-refractivity contribution in [3.8, 4) is 0 Å². The third kappa shape index (κ3) is 7.93. The van der Waals surface area contributed by atoms with Crippen LogP contribution in [0.4, 0.5) is 13.2 Å². The minimum absolute atomic E-state index is 0. The molecule has 1 fully saturated rings. The Morgan fingerprint density at radius 3 is 2.41 bits per heavy atom. The molecule has 1 heterocycles. The molecule has 0 bridgehead atoms. The largest absolute Gasteiger partial charge is 0.405 e. The smallest absolute Gasteiger partial charge is 0.381 e. The minimum atomic E-state index is -4.47. The molecule has 6 nitrogen and oxygen atoms in total. The average molecular weight is 370 g/mol. The molecule has 0 aromatic heterocycles. The van der Waals surface area contributed by atoms with Crippen molar-refractivity contribution in [2.24, 2.45) is 0 Å². The zero-order valence-electron chi connectivity index (χ0n) is 12.4. The lowest BCUT2D eigenvalue weighted by molar-refractivity contribution is -0.182. The maximum atomic E-state index is 13.1. The maximum Gasteiger partial charge on any atom is 0.405 e. The van der Waals surface area contributed by atoms with Gasteiger partial charge in [-0.15, -0.1) is 12.4 Å². The van der Waals surface area contributed by atoms with Crippen molar-refractivity contribution in [1.29, 1.82) is 0 Å². The molecule has 0 radical (unpaired) electrons. The van der Waals surface area contributed by atoms with E-state index in [0.29, 0.717) is 19.7 Å². The molecule has 11 heteroatoms. The molecule has 2 N–H and O–H groups in total. The van der Waals surface area contributed by atoms with Crippen LogP contribution in [0, 0.1) is 0 Å². The number of halogens is 4. The monoisotopic (exact) mass is 369 g/mol. The van der Waals surface area contributed by atoms with Gasteiger partial charge in [-0.3, -0.25) is 4.90 Å². The molecule has 0 aromatic carbocycles. The lowest BCUT2D eigenvalue weighted by Crippen LogP contribution is -2.57. The van der Waals surface area contributed by atoms with Crippen LogP contribution in [0.15, 0.2) is 0 Å². The molecule has 0 spiro atoms. The Kier molecular flexibility index (Phi) is 9.83. The quantitative estimate of drug-likeness (QED) is 0.598. The summed E-state index contributed by atoms with van der Waals surface area (Å²) in [7, 11) is -3.77. The third-order valence-electron chi connectivity index (χ3n) is 3.17. The first kappa shape index (κ1) is 21.9. The number of alkyl halides is 3. The fourth-order valence-corrected chi connectivity index (χ4v) is 2.93. The molecule has 0 aliphatic carbocycles. The lowest BCUT2D eigenvalue weighted by atomic mass is 10.2. The Bertz CT molecular complexity index is 403. The van der Waals surface area contributed by atoms with Gasteiger partial charge in [0, 0.05) is 39.3 Å². The number of rotatable bonds is 8. The highest BCUT2D eigenvalue weighted by Crippen LogP contribution is 2.24. The number of hydrogen-bond donors (Lipinski definition) is 2. The summed E-state index contributed by atoms with van der Waals surface area (Å²) in [5.74, 6) is -0.340. The Morgan fingerprint density at radius 2 is 1.91 bits per heavy atom. The molecule has 22 heavy (non-hydrogen) atoms. The minimum Gasteiger partial charge on any atom is -0.381 e. The maximum absolute atomic E-state index is 13.1. The second kappa shape index (κ2) is 9.89. The van der Waals surface area contributed by atoms with Gasteiger partial charge in [-0.05, 0) is 6.92 Å². The van der Waals surface area contributed by atoms with Gasteiger partial charge in [-0.1, -0.05) is 0 Å². The number of nitrogens with one attached hydrogen (secondary N) is 2.